The lowest BCUT2D eigenvalue weighted by Gasteiger charge is -2.42. The fourth-order valence-corrected chi connectivity index (χ4v) is 13.2. The van der Waals surface area contributed by atoms with Gasteiger partial charge in [0.25, 0.3) is 0 Å². The number of unbranched alkanes of at least 4 members (excludes halogenated alkanes) is 12. The van der Waals surface area contributed by atoms with E-state index in [0.29, 0.717) is 116 Å². The van der Waals surface area contributed by atoms with Gasteiger partial charge in [0.05, 0.1) is 72.0 Å². The Morgan fingerprint density at radius 2 is 0.750 bits per heavy atom. The summed E-state index contributed by atoms with van der Waals surface area (Å²) in [6.07, 6.45) is -4.91. The van der Waals surface area contributed by atoms with Gasteiger partial charge in [0, 0.05) is 119 Å². The van der Waals surface area contributed by atoms with Crippen LogP contribution in [0.4, 0.5) is 0 Å². The first-order valence-electron chi connectivity index (χ1n) is 39.0. The molecular weight excluding hydrogens is 1520 g/mol. The number of aliphatic hydroxyl groups is 9. The molecule has 4 heterocycles. The molecule has 0 radical (unpaired) electrons. The summed E-state index contributed by atoms with van der Waals surface area (Å²) >= 11 is 4.71. The van der Waals surface area contributed by atoms with E-state index in [1.54, 1.807) is 0 Å². The predicted octanol–water partition coefficient (Wildman–Crippen LogP) is -4.47. The first-order chi connectivity index (χ1) is 53.6. The third kappa shape index (κ3) is 38.4. The van der Waals surface area contributed by atoms with Crippen molar-refractivity contribution in [3.05, 3.63) is 0 Å². The van der Waals surface area contributed by atoms with Crippen LogP contribution in [0.2, 0.25) is 0 Å². The van der Waals surface area contributed by atoms with Gasteiger partial charge in [0.2, 0.25) is 53.2 Å². The summed E-state index contributed by atoms with van der Waals surface area (Å²) in [5.74, 6) is -4.09. The molecule has 39 nitrogen and oxygen atoms in total. The van der Waals surface area contributed by atoms with Gasteiger partial charge in [-0.05, 0) is 57.8 Å². The first kappa shape index (κ1) is 99.4. The molecule has 9 amide bonds. The topological polar surface area (TPSA) is 560 Å². The molecule has 16 unspecified atom stereocenters. The normalized spacial score (nSPS) is 25.7. The number of carbonyl (C=O) groups is 9. The summed E-state index contributed by atoms with van der Waals surface area (Å²) < 4.78 is 62.4. The standard InChI is InChI=1S/C71H128N9O30PS/c1-46(84)76-58-64(95)61(92)50(40-81)108-68(58)104-31-17-9-5-13-28-73-54(88)24-35-101-43-71(79-67(98)49-38-80(39-49)57(91)23-21-22-53(87)72-27-16-8-12-20-34-107-111(99,112)100-4,44-102-36-25-55(89)74-29-14-6-10-18-32-105-69-59(77-47(2)85)65(96)62(93)51(41-82)109-69)45-103-37-26-56(90)75-30-15-7-11-19-33-106-70-60(78-48(3)86)66(97)63(94)52(42-83)110-70/h49-52,58-66,68-70,81-83,92-97H,5-45H2,1-4H3,(H,72,87)(H,73,88)(H,74,89)(H,75,90)(H,76,84)(H,77,85)(H,78,86)(H,79,98)(H,99,112)/p-1. The molecule has 0 spiro atoms. The zero-order valence-electron chi connectivity index (χ0n) is 65.1. The third-order valence-electron chi connectivity index (χ3n) is 19.0. The molecule has 41 heteroatoms. The molecule has 0 aliphatic carbocycles. The van der Waals surface area contributed by atoms with Crippen LogP contribution >= 0.6 is 6.72 Å². The van der Waals surface area contributed by atoms with Crippen molar-refractivity contribution < 1.29 is 146 Å². The Hall–Kier alpha value is -4.96. The van der Waals surface area contributed by atoms with Gasteiger partial charge >= 0.3 is 0 Å². The number of nitrogens with one attached hydrogen (secondary N) is 8. The van der Waals surface area contributed by atoms with Crippen LogP contribution in [-0.2, 0) is 107 Å². The van der Waals surface area contributed by atoms with E-state index in [-0.39, 0.29) is 147 Å². The van der Waals surface area contributed by atoms with E-state index in [0.717, 1.165) is 12.8 Å². The number of carbonyl (C=O) groups excluding carboxylic acids is 9. The van der Waals surface area contributed by atoms with Gasteiger partial charge in [-0.3, -0.25) is 43.2 Å². The van der Waals surface area contributed by atoms with E-state index < -0.39 is 154 Å². The Kier molecular flexibility index (Phi) is 49.4. The first-order valence-corrected chi connectivity index (χ1v) is 41.6. The minimum atomic E-state index is -3.45. The summed E-state index contributed by atoms with van der Waals surface area (Å²) in [5.41, 5.74) is -1.49. The largest absolute Gasteiger partial charge is 0.780 e. The summed E-state index contributed by atoms with van der Waals surface area (Å²) in [6.45, 7) is -0.490. The molecule has 0 aromatic carbocycles. The molecule has 4 saturated heterocycles. The smallest absolute Gasteiger partial charge is 0.227 e. The highest BCUT2D eigenvalue weighted by Gasteiger charge is 2.48. The van der Waals surface area contributed by atoms with Crippen molar-refractivity contribution in [1.29, 1.82) is 0 Å². The second-order valence-corrected chi connectivity index (χ2v) is 31.3. The second-order valence-electron chi connectivity index (χ2n) is 28.5. The van der Waals surface area contributed by atoms with Crippen molar-refractivity contribution in [3.63, 3.8) is 0 Å². The molecule has 4 fully saturated rings. The van der Waals surface area contributed by atoms with Crippen LogP contribution in [0.25, 0.3) is 0 Å². The second kappa shape index (κ2) is 55.6. The molecule has 16 atom stereocenters. The fourth-order valence-electron chi connectivity index (χ4n) is 12.6. The van der Waals surface area contributed by atoms with E-state index in [2.05, 4.69) is 47.1 Å². The number of ether oxygens (including phenoxy) is 9. The van der Waals surface area contributed by atoms with Crippen molar-refractivity contribution in [2.45, 2.75) is 259 Å². The Labute approximate surface area is 659 Å². The average Bonchev–Trinajstić information content (AvgIpc) is 0.827. The third-order valence-corrected chi connectivity index (χ3v) is 20.7. The number of aliphatic hydroxyl groups excluding tert-OH is 9. The molecule has 0 saturated carbocycles. The van der Waals surface area contributed by atoms with Crippen molar-refractivity contribution >= 4 is 71.7 Å². The SMILES string of the molecule is COP([O-])(=S)OCCCCCCNC(=O)CCCC(=O)N1CC(C(=O)NC(COCCC(=O)NCCCCCCOC2OC(CO)C(O)C(O)C2NC(C)=O)(COCCC(=O)NCCCCCCOC2OC(CO)C(O)C(O)C2NC(C)=O)COCCC(=O)NCCCCCCOC2OC(CO)C(O)C(O)C2NC(C)=O)C1. The van der Waals surface area contributed by atoms with E-state index in [1.807, 2.05) is 0 Å². The molecule has 0 bridgehead atoms. The van der Waals surface area contributed by atoms with E-state index in [4.69, 9.17) is 59.0 Å². The van der Waals surface area contributed by atoms with Crippen LogP contribution < -0.4 is 47.4 Å². The Morgan fingerprint density at radius 3 is 1.06 bits per heavy atom. The molecule has 112 heavy (non-hydrogen) atoms. The Balaban J connectivity index is 1.34. The van der Waals surface area contributed by atoms with Crippen LogP contribution in [0, 0.1) is 5.92 Å². The van der Waals surface area contributed by atoms with Crippen LogP contribution in [0.5, 0.6) is 0 Å². The average molecular weight is 1650 g/mol. The Bertz CT molecular complexity index is 2610. The highest BCUT2D eigenvalue weighted by Crippen LogP contribution is 2.37. The van der Waals surface area contributed by atoms with Gasteiger partial charge in [0.15, 0.2) is 18.9 Å². The molecule has 17 N–H and O–H groups in total. The number of nitrogens with zero attached hydrogens (tertiary/aromatic N) is 1. The maximum absolute atomic E-state index is 14.3. The lowest BCUT2D eigenvalue weighted by atomic mass is 9.95. The van der Waals surface area contributed by atoms with Gasteiger partial charge in [-0.1, -0.05) is 63.2 Å². The lowest BCUT2D eigenvalue weighted by molar-refractivity contribution is -0.270. The molecular formula is C71H127N9O30PS-. The monoisotopic (exact) mass is 1650 g/mol. The predicted molar refractivity (Wildman–Crippen MR) is 398 cm³/mol. The van der Waals surface area contributed by atoms with E-state index >= 15 is 0 Å². The van der Waals surface area contributed by atoms with Crippen LogP contribution in [0.3, 0.4) is 0 Å². The summed E-state index contributed by atoms with van der Waals surface area (Å²) in [5, 5.41) is 114. The molecule has 648 valence electrons. The fraction of sp³-hybridized carbons (Fsp3) is 0.873. The number of amides is 9. The van der Waals surface area contributed by atoms with E-state index in [9.17, 15) is 94.0 Å². The van der Waals surface area contributed by atoms with Crippen LogP contribution in [0.15, 0.2) is 0 Å². The lowest BCUT2D eigenvalue weighted by Crippen LogP contribution is -2.64. The maximum Gasteiger partial charge on any atom is 0.227 e. The summed E-state index contributed by atoms with van der Waals surface area (Å²) in [6, 6.07) is -3.21. The number of hydrogen-bond donors (Lipinski definition) is 17. The summed E-state index contributed by atoms with van der Waals surface area (Å²) in [4.78, 5) is 128. The van der Waals surface area contributed by atoms with Gasteiger partial charge in [-0.25, -0.2) is 0 Å². The zero-order chi connectivity index (χ0) is 82.4. The number of likely N-dealkylation sites (tertiary alicyclic amines) is 1. The number of rotatable bonds is 60. The molecule has 0 aromatic heterocycles. The van der Waals surface area contributed by atoms with Gasteiger partial charge < -0.3 is 150 Å². The molecule has 4 rings (SSSR count). The minimum Gasteiger partial charge on any atom is -0.780 e. The van der Waals surface area contributed by atoms with Crippen LogP contribution in [0.1, 0.15) is 162 Å². The van der Waals surface area contributed by atoms with Crippen molar-refractivity contribution in [3.8, 4) is 0 Å². The molecule has 4 aliphatic heterocycles. The van der Waals surface area contributed by atoms with Crippen molar-refractivity contribution in [1.82, 2.24) is 47.4 Å². The van der Waals surface area contributed by atoms with Crippen molar-refractivity contribution in [2.75, 3.05) is 132 Å². The maximum atomic E-state index is 14.3. The number of hydrogen-bond acceptors (Lipinski definition) is 31. The molecule has 0 aromatic rings. The van der Waals surface area contributed by atoms with Crippen molar-refractivity contribution in [2.24, 2.45) is 5.92 Å². The Morgan fingerprint density at radius 1 is 0.438 bits per heavy atom. The van der Waals surface area contributed by atoms with E-state index in [1.165, 1.54) is 32.8 Å². The van der Waals surface area contributed by atoms with Crippen LogP contribution in [-0.4, -0.2) is 334 Å². The highest BCUT2D eigenvalue weighted by molar-refractivity contribution is 8.06. The molecule has 4 aliphatic rings. The summed E-state index contributed by atoms with van der Waals surface area (Å²) in [7, 11) is 1.22. The zero-order valence-corrected chi connectivity index (χ0v) is 66.8. The quantitative estimate of drug-likeness (QED) is 0.0202. The highest BCUT2D eigenvalue weighted by atomic mass is 32.5. The minimum absolute atomic E-state index is 0.0562. The van der Waals surface area contributed by atoms with Gasteiger partial charge in [0.1, 0.15) is 85.3 Å². The van der Waals surface area contributed by atoms with Gasteiger partial charge in [-0.15, -0.1) is 0 Å². The van der Waals surface area contributed by atoms with Gasteiger partial charge in [-0.2, -0.15) is 0 Å².